The van der Waals surface area contributed by atoms with Gasteiger partial charge in [-0.15, -0.1) is 0 Å². The highest BCUT2D eigenvalue weighted by Crippen LogP contribution is 2.40. The predicted octanol–water partition coefficient (Wildman–Crippen LogP) is 2.07. The number of carbonyl (C=O) groups is 3. The van der Waals surface area contributed by atoms with E-state index in [2.05, 4.69) is 0 Å². The Morgan fingerprint density at radius 3 is 2.22 bits per heavy atom. The highest BCUT2D eigenvalue weighted by molar-refractivity contribution is 5.95. The standard InChI is InChI=1S/C21H26N2O4/c24-18-6-2-5-16(13-18)20(26)22-7-9-23(10-8-22)21(27)17-11-14-3-1-4-15(12-17)19(14)25/h2,5-6,13-15,17,24H,1,3-4,7-12H2. The van der Waals surface area contributed by atoms with Crippen molar-refractivity contribution < 1.29 is 19.5 Å². The molecule has 2 amide bonds. The van der Waals surface area contributed by atoms with E-state index in [0.29, 0.717) is 50.4 Å². The molecule has 2 bridgehead atoms. The van der Waals surface area contributed by atoms with Gasteiger partial charge in [-0.3, -0.25) is 14.4 Å². The van der Waals surface area contributed by atoms with Crippen LogP contribution in [0.1, 0.15) is 42.5 Å². The van der Waals surface area contributed by atoms with Crippen molar-refractivity contribution in [3.63, 3.8) is 0 Å². The maximum atomic E-state index is 13.0. The van der Waals surface area contributed by atoms with Crippen LogP contribution >= 0.6 is 0 Å². The summed E-state index contributed by atoms with van der Waals surface area (Å²) in [6.07, 6.45) is 4.39. The number of rotatable bonds is 2. The molecule has 1 aliphatic heterocycles. The zero-order valence-corrected chi connectivity index (χ0v) is 15.5. The second-order valence-corrected chi connectivity index (χ2v) is 8.06. The average molecular weight is 370 g/mol. The second kappa shape index (κ2) is 7.33. The van der Waals surface area contributed by atoms with E-state index in [1.165, 1.54) is 12.1 Å². The summed E-state index contributed by atoms with van der Waals surface area (Å²) in [4.78, 5) is 41.4. The summed E-state index contributed by atoms with van der Waals surface area (Å²) in [5.74, 6) is 0.630. The minimum Gasteiger partial charge on any atom is -0.508 e. The molecule has 2 unspecified atom stereocenters. The number of carbonyl (C=O) groups excluding carboxylic acids is 3. The number of piperazine rings is 1. The third-order valence-electron chi connectivity index (χ3n) is 6.37. The minimum absolute atomic E-state index is 0.0358. The fourth-order valence-electron chi connectivity index (χ4n) is 4.89. The van der Waals surface area contributed by atoms with Crippen molar-refractivity contribution in [2.45, 2.75) is 32.1 Å². The molecule has 2 atom stereocenters. The smallest absolute Gasteiger partial charge is 0.254 e. The molecule has 144 valence electrons. The lowest BCUT2D eigenvalue weighted by Gasteiger charge is -2.41. The molecule has 1 N–H and O–H groups in total. The molecule has 3 fully saturated rings. The van der Waals surface area contributed by atoms with Crippen LogP contribution in [0.4, 0.5) is 0 Å². The quantitative estimate of drug-likeness (QED) is 0.865. The number of phenols is 1. The molecule has 0 spiro atoms. The van der Waals surface area contributed by atoms with Crippen molar-refractivity contribution in [3.8, 4) is 5.75 Å². The fraction of sp³-hybridized carbons (Fsp3) is 0.571. The van der Waals surface area contributed by atoms with E-state index < -0.39 is 0 Å². The van der Waals surface area contributed by atoms with Crippen LogP contribution in [0.25, 0.3) is 0 Å². The molecule has 1 saturated heterocycles. The molecule has 27 heavy (non-hydrogen) atoms. The Balaban J connectivity index is 1.34. The van der Waals surface area contributed by atoms with Gasteiger partial charge in [-0.1, -0.05) is 12.5 Å². The Labute approximate surface area is 159 Å². The molecular formula is C21H26N2O4. The summed E-state index contributed by atoms with van der Waals surface area (Å²) in [5, 5.41) is 9.56. The lowest BCUT2D eigenvalue weighted by molar-refractivity contribution is -0.144. The second-order valence-electron chi connectivity index (χ2n) is 8.06. The van der Waals surface area contributed by atoms with E-state index in [1.54, 1.807) is 17.0 Å². The van der Waals surface area contributed by atoms with Gasteiger partial charge in [0.25, 0.3) is 5.91 Å². The molecule has 6 nitrogen and oxygen atoms in total. The first-order valence-corrected chi connectivity index (χ1v) is 9.93. The molecule has 6 heteroatoms. The molecular weight excluding hydrogens is 344 g/mol. The van der Waals surface area contributed by atoms with Gasteiger partial charge in [0.15, 0.2) is 0 Å². The van der Waals surface area contributed by atoms with Gasteiger partial charge in [-0.25, -0.2) is 0 Å². The van der Waals surface area contributed by atoms with Crippen LogP contribution < -0.4 is 0 Å². The SMILES string of the molecule is O=C1C2CCCC1CC(C(=O)N1CCN(C(=O)c3cccc(O)c3)CC1)C2. The maximum absolute atomic E-state index is 13.0. The van der Waals surface area contributed by atoms with Gasteiger partial charge in [0.05, 0.1) is 0 Å². The van der Waals surface area contributed by atoms with Gasteiger partial charge in [0.1, 0.15) is 11.5 Å². The summed E-state index contributed by atoms with van der Waals surface area (Å²) in [5.41, 5.74) is 0.466. The lowest BCUT2D eigenvalue weighted by atomic mass is 9.67. The van der Waals surface area contributed by atoms with Crippen LogP contribution in [0, 0.1) is 17.8 Å². The van der Waals surface area contributed by atoms with Gasteiger partial charge in [-0.05, 0) is 43.9 Å². The summed E-state index contributed by atoms with van der Waals surface area (Å²) < 4.78 is 0. The average Bonchev–Trinajstić information content (AvgIpc) is 2.67. The van der Waals surface area contributed by atoms with Crippen LogP contribution in [0.5, 0.6) is 5.75 Å². The number of aromatic hydroxyl groups is 1. The first-order valence-electron chi connectivity index (χ1n) is 9.93. The lowest BCUT2D eigenvalue weighted by Crippen LogP contribution is -2.53. The van der Waals surface area contributed by atoms with Gasteiger partial charge in [0, 0.05) is 49.5 Å². The van der Waals surface area contributed by atoms with Gasteiger partial charge >= 0.3 is 0 Å². The summed E-state index contributed by atoms with van der Waals surface area (Å²) in [6, 6.07) is 6.36. The van der Waals surface area contributed by atoms with Crippen LogP contribution in [0.15, 0.2) is 24.3 Å². The van der Waals surface area contributed by atoms with Crippen LogP contribution in [-0.4, -0.2) is 58.7 Å². The number of ketones is 1. The van der Waals surface area contributed by atoms with Gasteiger partial charge in [-0.2, -0.15) is 0 Å². The third kappa shape index (κ3) is 3.57. The Bertz CT molecular complexity index is 738. The number of hydrogen-bond acceptors (Lipinski definition) is 4. The van der Waals surface area contributed by atoms with Crippen molar-refractivity contribution in [2.75, 3.05) is 26.2 Å². The van der Waals surface area contributed by atoms with E-state index >= 15 is 0 Å². The van der Waals surface area contributed by atoms with Gasteiger partial charge < -0.3 is 14.9 Å². The summed E-state index contributed by atoms with van der Waals surface area (Å²) >= 11 is 0. The Kier molecular flexibility index (Phi) is 4.89. The number of benzene rings is 1. The summed E-state index contributed by atoms with van der Waals surface area (Å²) in [7, 11) is 0. The fourth-order valence-corrected chi connectivity index (χ4v) is 4.89. The van der Waals surface area contributed by atoms with Crippen molar-refractivity contribution in [2.24, 2.45) is 17.8 Å². The molecule has 0 radical (unpaired) electrons. The number of fused-ring (bicyclic) bond motifs is 2. The molecule has 2 aliphatic carbocycles. The number of hydrogen-bond donors (Lipinski definition) is 1. The number of Topliss-reactive ketones (excluding diaryl/α,β-unsaturated/α-hetero) is 1. The van der Waals surface area contributed by atoms with E-state index in [1.807, 2.05) is 4.90 Å². The van der Waals surface area contributed by atoms with Gasteiger partial charge in [0.2, 0.25) is 5.91 Å². The van der Waals surface area contributed by atoms with E-state index in [-0.39, 0.29) is 35.3 Å². The zero-order valence-electron chi connectivity index (χ0n) is 15.5. The Morgan fingerprint density at radius 1 is 0.963 bits per heavy atom. The first-order chi connectivity index (χ1) is 13.0. The predicted molar refractivity (Wildman–Crippen MR) is 99.2 cm³/mol. The van der Waals surface area contributed by atoms with E-state index in [9.17, 15) is 19.5 Å². The van der Waals surface area contributed by atoms with Crippen molar-refractivity contribution >= 4 is 17.6 Å². The normalized spacial score (nSPS) is 28.1. The minimum atomic E-state index is -0.115. The van der Waals surface area contributed by atoms with Crippen molar-refractivity contribution in [1.29, 1.82) is 0 Å². The maximum Gasteiger partial charge on any atom is 0.254 e. The topological polar surface area (TPSA) is 77.9 Å². The molecule has 1 heterocycles. The van der Waals surface area contributed by atoms with Crippen molar-refractivity contribution in [1.82, 2.24) is 9.80 Å². The molecule has 0 aromatic heterocycles. The van der Waals surface area contributed by atoms with Crippen molar-refractivity contribution in [3.05, 3.63) is 29.8 Å². The highest BCUT2D eigenvalue weighted by Gasteiger charge is 2.42. The Morgan fingerprint density at radius 2 is 1.59 bits per heavy atom. The van der Waals surface area contributed by atoms with E-state index in [4.69, 9.17) is 0 Å². The van der Waals surface area contributed by atoms with Crippen LogP contribution in [0.2, 0.25) is 0 Å². The number of amides is 2. The molecule has 3 aliphatic rings. The number of nitrogens with zero attached hydrogens (tertiary/aromatic N) is 2. The monoisotopic (exact) mass is 370 g/mol. The zero-order chi connectivity index (χ0) is 19.0. The van der Waals surface area contributed by atoms with E-state index in [0.717, 1.165) is 19.3 Å². The number of phenolic OH excluding ortho intramolecular Hbond substituents is 1. The Hall–Kier alpha value is -2.37. The first kappa shape index (κ1) is 18.0. The summed E-state index contributed by atoms with van der Waals surface area (Å²) in [6.45, 7) is 2.06. The molecule has 2 saturated carbocycles. The molecule has 1 aromatic rings. The largest absolute Gasteiger partial charge is 0.508 e. The molecule has 4 rings (SSSR count). The highest BCUT2D eigenvalue weighted by atomic mass is 16.3. The third-order valence-corrected chi connectivity index (χ3v) is 6.37. The van der Waals surface area contributed by atoms with Crippen LogP contribution in [0.3, 0.4) is 0 Å². The van der Waals surface area contributed by atoms with Crippen LogP contribution in [-0.2, 0) is 9.59 Å². The molecule has 1 aromatic carbocycles.